The predicted molar refractivity (Wildman–Crippen MR) is 68.5 cm³/mol. The highest BCUT2D eigenvalue weighted by atomic mass is 79.9. The molecule has 0 aliphatic heterocycles. The van der Waals surface area contributed by atoms with E-state index in [4.69, 9.17) is 4.74 Å². The number of benzene rings is 1. The quantitative estimate of drug-likeness (QED) is 0.730. The third-order valence-electron chi connectivity index (χ3n) is 2.14. The fourth-order valence-electron chi connectivity index (χ4n) is 1.32. The Morgan fingerprint density at radius 2 is 1.93 bits per heavy atom. The Balaban J connectivity index is 2.99. The van der Waals surface area contributed by atoms with Crippen LogP contribution in [0.2, 0.25) is 0 Å². The molecule has 0 radical (unpaired) electrons. The molecule has 2 heteroatoms. The van der Waals surface area contributed by atoms with Gasteiger partial charge in [0.15, 0.2) is 0 Å². The summed E-state index contributed by atoms with van der Waals surface area (Å²) in [6.07, 6.45) is 2.13. The van der Waals surface area contributed by atoms with Crippen LogP contribution in [0.25, 0.3) is 0 Å². The molecule has 1 nitrogen and oxygen atoms in total. The first-order chi connectivity index (χ1) is 7.02. The topological polar surface area (TPSA) is 9.23 Å². The standard InChI is InChI=1S/C13H17BrO/c1-5-10(4)11-6-12(14)8-13(7-11)15-9(2)3/h5-10H,1H2,2-4H3. The Morgan fingerprint density at radius 1 is 1.27 bits per heavy atom. The molecule has 0 saturated carbocycles. The second-order valence-electron chi connectivity index (χ2n) is 3.91. The molecule has 0 bridgehead atoms. The van der Waals surface area contributed by atoms with Crippen LogP contribution in [0, 0.1) is 0 Å². The third kappa shape index (κ3) is 3.71. The number of hydrogen-bond donors (Lipinski definition) is 0. The Morgan fingerprint density at radius 3 is 2.47 bits per heavy atom. The number of rotatable bonds is 4. The maximum atomic E-state index is 5.67. The van der Waals surface area contributed by atoms with Gasteiger partial charge in [-0.25, -0.2) is 0 Å². The van der Waals surface area contributed by atoms with E-state index in [-0.39, 0.29) is 6.10 Å². The lowest BCUT2D eigenvalue weighted by atomic mass is 10.0. The summed E-state index contributed by atoms with van der Waals surface area (Å²) in [7, 11) is 0. The summed E-state index contributed by atoms with van der Waals surface area (Å²) in [5, 5.41) is 0. The van der Waals surface area contributed by atoms with Gasteiger partial charge in [0.1, 0.15) is 5.75 Å². The molecule has 0 saturated heterocycles. The first kappa shape index (κ1) is 12.3. The normalized spacial score (nSPS) is 12.6. The van der Waals surface area contributed by atoms with Gasteiger partial charge in [-0.2, -0.15) is 0 Å². The van der Waals surface area contributed by atoms with Gasteiger partial charge in [-0.15, -0.1) is 6.58 Å². The Labute approximate surface area is 100 Å². The zero-order chi connectivity index (χ0) is 11.4. The smallest absolute Gasteiger partial charge is 0.121 e. The summed E-state index contributed by atoms with van der Waals surface area (Å²) in [5.41, 5.74) is 1.22. The van der Waals surface area contributed by atoms with Crippen molar-refractivity contribution in [3.8, 4) is 5.75 Å². The van der Waals surface area contributed by atoms with Gasteiger partial charge in [0.25, 0.3) is 0 Å². The van der Waals surface area contributed by atoms with E-state index in [0.29, 0.717) is 5.92 Å². The molecule has 82 valence electrons. The van der Waals surface area contributed by atoms with Crippen molar-refractivity contribution in [2.45, 2.75) is 32.8 Å². The molecule has 1 unspecified atom stereocenters. The van der Waals surface area contributed by atoms with Gasteiger partial charge in [-0.1, -0.05) is 28.9 Å². The molecule has 1 aromatic carbocycles. The number of allylic oxidation sites excluding steroid dienone is 1. The second kappa shape index (κ2) is 5.36. The highest BCUT2D eigenvalue weighted by Gasteiger charge is 2.06. The Bertz CT molecular complexity index is 344. The van der Waals surface area contributed by atoms with Crippen LogP contribution in [-0.4, -0.2) is 6.10 Å². The fourth-order valence-corrected chi connectivity index (χ4v) is 1.81. The molecule has 15 heavy (non-hydrogen) atoms. The summed E-state index contributed by atoms with van der Waals surface area (Å²) in [4.78, 5) is 0. The van der Waals surface area contributed by atoms with Gasteiger partial charge in [-0.05, 0) is 43.5 Å². The fraction of sp³-hybridized carbons (Fsp3) is 0.385. The molecule has 0 heterocycles. The van der Waals surface area contributed by atoms with Crippen LogP contribution < -0.4 is 4.74 Å². The van der Waals surface area contributed by atoms with Gasteiger partial charge in [-0.3, -0.25) is 0 Å². The zero-order valence-electron chi connectivity index (χ0n) is 9.46. The Kier molecular flexibility index (Phi) is 4.40. The minimum absolute atomic E-state index is 0.200. The molecule has 0 aliphatic carbocycles. The molecular weight excluding hydrogens is 252 g/mol. The van der Waals surface area contributed by atoms with Gasteiger partial charge >= 0.3 is 0 Å². The van der Waals surface area contributed by atoms with Crippen LogP contribution in [0.1, 0.15) is 32.3 Å². The average molecular weight is 269 g/mol. The summed E-state index contributed by atoms with van der Waals surface area (Å²) in [6, 6.07) is 6.15. The SMILES string of the molecule is C=CC(C)c1cc(Br)cc(OC(C)C)c1. The summed E-state index contributed by atoms with van der Waals surface area (Å²) in [5.74, 6) is 1.25. The monoisotopic (exact) mass is 268 g/mol. The van der Waals surface area contributed by atoms with Gasteiger partial charge in [0.2, 0.25) is 0 Å². The summed E-state index contributed by atoms with van der Waals surface area (Å²) >= 11 is 3.49. The van der Waals surface area contributed by atoms with E-state index in [9.17, 15) is 0 Å². The van der Waals surface area contributed by atoms with Crippen molar-refractivity contribution in [1.82, 2.24) is 0 Å². The lowest BCUT2D eigenvalue weighted by molar-refractivity contribution is 0.242. The van der Waals surface area contributed by atoms with Crippen molar-refractivity contribution >= 4 is 15.9 Å². The lowest BCUT2D eigenvalue weighted by Gasteiger charge is -2.13. The average Bonchev–Trinajstić information content (AvgIpc) is 2.14. The molecule has 1 rings (SSSR count). The third-order valence-corrected chi connectivity index (χ3v) is 2.60. The molecule has 0 amide bonds. The molecule has 0 N–H and O–H groups in total. The predicted octanol–water partition coefficient (Wildman–Crippen LogP) is 4.53. The molecule has 0 spiro atoms. The van der Waals surface area contributed by atoms with E-state index in [0.717, 1.165) is 10.2 Å². The number of hydrogen-bond acceptors (Lipinski definition) is 1. The van der Waals surface area contributed by atoms with Crippen molar-refractivity contribution in [3.63, 3.8) is 0 Å². The van der Waals surface area contributed by atoms with E-state index in [1.54, 1.807) is 0 Å². The van der Waals surface area contributed by atoms with Gasteiger partial charge in [0, 0.05) is 4.47 Å². The molecule has 1 atom stereocenters. The maximum absolute atomic E-state index is 5.67. The van der Waals surface area contributed by atoms with Crippen molar-refractivity contribution < 1.29 is 4.74 Å². The van der Waals surface area contributed by atoms with Crippen molar-refractivity contribution in [2.24, 2.45) is 0 Å². The lowest BCUT2D eigenvalue weighted by Crippen LogP contribution is -2.06. The van der Waals surface area contributed by atoms with E-state index in [1.807, 2.05) is 26.0 Å². The molecule has 0 aromatic heterocycles. The van der Waals surface area contributed by atoms with E-state index < -0.39 is 0 Å². The van der Waals surface area contributed by atoms with E-state index in [1.165, 1.54) is 5.56 Å². The molecule has 0 fully saturated rings. The van der Waals surface area contributed by atoms with Gasteiger partial charge < -0.3 is 4.74 Å². The minimum atomic E-state index is 0.200. The first-order valence-electron chi connectivity index (χ1n) is 5.12. The van der Waals surface area contributed by atoms with Gasteiger partial charge in [0.05, 0.1) is 6.10 Å². The molecule has 1 aromatic rings. The van der Waals surface area contributed by atoms with Crippen LogP contribution in [0.4, 0.5) is 0 Å². The van der Waals surface area contributed by atoms with E-state index >= 15 is 0 Å². The van der Waals surface area contributed by atoms with Crippen LogP contribution >= 0.6 is 15.9 Å². The minimum Gasteiger partial charge on any atom is -0.491 e. The molecular formula is C13H17BrO. The van der Waals surface area contributed by atoms with Crippen LogP contribution in [-0.2, 0) is 0 Å². The van der Waals surface area contributed by atoms with Crippen molar-refractivity contribution in [3.05, 3.63) is 40.9 Å². The van der Waals surface area contributed by atoms with Crippen LogP contribution in [0.15, 0.2) is 35.3 Å². The van der Waals surface area contributed by atoms with E-state index in [2.05, 4.69) is 41.6 Å². The van der Waals surface area contributed by atoms with Crippen LogP contribution in [0.3, 0.4) is 0 Å². The number of ether oxygens (including phenoxy) is 1. The first-order valence-corrected chi connectivity index (χ1v) is 5.92. The number of halogens is 1. The second-order valence-corrected chi connectivity index (χ2v) is 4.83. The highest BCUT2D eigenvalue weighted by molar-refractivity contribution is 9.10. The highest BCUT2D eigenvalue weighted by Crippen LogP contribution is 2.27. The summed E-state index contributed by atoms with van der Waals surface area (Å²) < 4.78 is 6.71. The van der Waals surface area contributed by atoms with Crippen molar-refractivity contribution in [2.75, 3.05) is 0 Å². The molecule has 0 aliphatic rings. The van der Waals surface area contributed by atoms with Crippen molar-refractivity contribution in [1.29, 1.82) is 0 Å². The van der Waals surface area contributed by atoms with Crippen LogP contribution in [0.5, 0.6) is 5.75 Å². The summed E-state index contributed by atoms with van der Waals surface area (Å²) in [6.45, 7) is 9.97. The largest absolute Gasteiger partial charge is 0.491 e. The maximum Gasteiger partial charge on any atom is 0.121 e. The zero-order valence-corrected chi connectivity index (χ0v) is 11.0. The Hall–Kier alpha value is -0.760.